The maximum atomic E-state index is 12.5. The second kappa shape index (κ2) is 6.64. The zero-order valence-electron chi connectivity index (χ0n) is 13.7. The molecule has 0 unspecified atom stereocenters. The molecular formula is C18H16N2O5. The van der Waals surface area contributed by atoms with Crippen LogP contribution in [0.15, 0.2) is 46.5 Å². The Bertz CT molecular complexity index is 881. The van der Waals surface area contributed by atoms with Crippen LogP contribution in [-0.2, 0) is 16.1 Å². The molecule has 0 aliphatic carbocycles. The van der Waals surface area contributed by atoms with Crippen LogP contribution in [-0.4, -0.2) is 29.9 Å². The van der Waals surface area contributed by atoms with Crippen molar-refractivity contribution in [3.8, 4) is 0 Å². The third-order valence-corrected chi connectivity index (χ3v) is 3.81. The molecule has 128 valence electrons. The van der Waals surface area contributed by atoms with E-state index in [0.29, 0.717) is 5.76 Å². The molecule has 1 aromatic carbocycles. The number of furan rings is 1. The Morgan fingerprint density at radius 1 is 1.24 bits per heavy atom. The van der Waals surface area contributed by atoms with E-state index in [1.807, 2.05) is 31.2 Å². The summed E-state index contributed by atoms with van der Waals surface area (Å²) >= 11 is 0. The molecule has 0 atom stereocenters. The predicted molar refractivity (Wildman–Crippen MR) is 88.3 cm³/mol. The third-order valence-electron chi connectivity index (χ3n) is 3.81. The van der Waals surface area contributed by atoms with Crippen molar-refractivity contribution in [3.05, 3.63) is 64.7 Å². The van der Waals surface area contributed by atoms with E-state index >= 15 is 0 Å². The Balaban J connectivity index is 1.79. The van der Waals surface area contributed by atoms with Crippen molar-refractivity contribution >= 4 is 24.0 Å². The number of benzene rings is 1. The first-order chi connectivity index (χ1) is 12.0. The first kappa shape index (κ1) is 16.5. The van der Waals surface area contributed by atoms with Crippen molar-refractivity contribution in [1.82, 2.24) is 10.2 Å². The highest BCUT2D eigenvalue weighted by Gasteiger charge is 2.34. The molecule has 3 amide bonds. The number of imide groups is 1. The number of aryl methyl sites for hydroxylation is 1. The minimum atomic E-state index is -0.622. The number of carbonyl (C=O) groups is 3. The number of ether oxygens (including phenoxy) is 1. The number of rotatable bonds is 4. The van der Waals surface area contributed by atoms with E-state index in [2.05, 4.69) is 10.1 Å². The van der Waals surface area contributed by atoms with Gasteiger partial charge < -0.3 is 14.5 Å². The number of urea groups is 1. The van der Waals surface area contributed by atoms with Gasteiger partial charge >= 0.3 is 12.0 Å². The summed E-state index contributed by atoms with van der Waals surface area (Å²) < 4.78 is 9.85. The Morgan fingerprint density at radius 3 is 2.72 bits per heavy atom. The average molecular weight is 340 g/mol. The summed E-state index contributed by atoms with van der Waals surface area (Å²) in [5, 5.41) is 2.56. The normalized spacial score (nSPS) is 15.6. The smallest absolute Gasteiger partial charge is 0.373 e. The molecule has 0 bridgehead atoms. The van der Waals surface area contributed by atoms with Gasteiger partial charge in [0.25, 0.3) is 5.91 Å². The molecule has 3 rings (SSSR count). The number of carbonyl (C=O) groups excluding carboxylic acids is 3. The first-order valence-electron chi connectivity index (χ1n) is 7.57. The van der Waals surface area contributed by atoms with E-state index in [0.717, 1.165) is 16.0 Å². The molecule has 7 heteroatoms. The molecule has 25 heavy (non-hydrogen) atoms. The Kier molecular flexibility index (Phi) is 4.38. The van der Waals surface area contributed by atoms with Gasteiger partial charge in [-0.3, -0.25) is 9.69 Å². The van der Waals surface area contributed by atoms with Gasteiger partial charge in [0, 0.05) is 0 Å². The van der Waals surface area contributed by atoms with Crippen molar-refractivity contribution in [1.29, 1.82) is 0 Å². The highest BCUT2D eigenvalue weighted by atomic mass is 16.5. The van der Waals surface area contributed by atoms with E-state index in [1.165, 1.54) is 19.2 Å². The van der Waals surface area contributed by atoms with Crippen LogP contribution in [0.3, 0.4) is 0 Å². The largest absolute Gasteiger partial charge is 0.463 e. The van der Waals surface area contributed by atoms with Gasteiger partial charge in [-0.15, -0.1) is 0 Å². The SMILES string of the molecule is COC(=O)c1ccc(CN2C(=O)NC(=Cc3ccccc3C)C2=O)o1. The summed E-state index contributed by atoms with van der Waals surface area (Å²) in [6.07, 6.45) is 1.64. The van der Waals surface area contributed by atoms with Crippen LogP contribution in [0.1, 0.15) is 27.4 Å². The molecule has 1 aliphatic heterocycles. The Hall–Kier alpha value is -3.35. The molecule has 2 aromatic rings. The monoisotopic (exact) mass is 340 g/mol. The quantitative estimate of drug-likeness (QED) is 0.525. The van der Waals surface area contributed by atoms with Gasteiger partial charge in [0.15, 0.2) is 0 Å². The highest BCUT2D eigenvalue weighted by Crippen LogP contribution is 2.19. The number of amides is 3. The van der Waals surface area contributed by atoms with E-state index < -0.39 is 17.9 Å². The number of hydrogen-bond donors (Lipinski definition) is 1. The zero-order valence-corrected chi connectivity index (χ0v) is 13.7. The fraction of sp³-hybridized carbons (Fsp3) is 0.167. The number of nitrogens with one attached hydrogen (secondary N) is 1. The van der Waals surface area contributed by atoms with Gasteiger partial charge in [-0.05, 0) is 36.3 Å². The topological polar surface area (TPSA) is 88.9 Å². The van der Waals surface area contributed by atoms with E-state index in [4.69, 9.17) is 4.42 Å². The molecule has 1 fully saturated rings. The molecule has 0 spiro atoms. The van der Waals surface area contributed by atoms with E-state index in [9.17, 15) is 14.4 Å². The molecule has 2 heterocycles. The fourth-order valence-electron chi connectivity index (χ4n) is 2.45. The van der Waals surface area contributed by atoms with Crippen LogP contribution in [0, 0.1) is 6.92 Å². The van der Waals surface area contributed by atoms with Crippen molar-refractivity contribution in [2.45, 2.75) is 13.5 Å². The summed E-state index contributed by atoms with van der Waals surface area (Å²) in [6.45, 7) is 1.84. The highest BCUT2D eigenvalue weighted by molar-refractivity contribution is 6.13. The number of hydrogen-bond acceptors (Lipinski definition) is 5. The van der Waals surface area contributed by atoms with Gasteiger partial charge in [0.1, 0.15) is 11.5 Å². The van der Waals surface area contributed by atoms with Crippen LogP contribution in [0.25, 0.3) is 6.08 Å². The lowest BCUT2D eigenvalue weighted by Crippen LogP contribution is -2.30. The second-order valence-electron chi connectivity index (χ2n) is 5.49. The Labute approximate surface area is 143 Å². The molecule has 0 saturated carbocycles. The van der Waals surface area contributed by atoms with Gasteiger partial charge in [-0.25, -0.2) is 9.59 Å². The van der Waals surface area contributed by atoms with Gasteiger partial charge in [0.05, 0.1) is 13.7 Å². The van der Waals surface area contributed by atoms with Crippen LogP contribution < -0.4 is 5.32 Å². The minimum absolute atomic E-state index is 0.0141. The summed E-state index contributed by atoms with van der Waals surface area (Å²) in [4.78, 5) is 37.0. The van der Waals surface area contributed by atoms with Crippen LogP contribution >= 0.6 is 0 Å². The molecule has 7 nitrogen and oxygen atoms in total. The number of methoxy groups -OCH3 is 1. The van der Waals surface area contributed by atoms with E-state index in [1.54, 1.807) is 6.08 Å². The predicted octanol–water partition coefficient (Wildman–Crippen LogP) is 2.47. The zero-order chi connectivity index (χ0) is 18.0. The molecule has 1 saturated heterocycles. The average Bonchev–Trinajstić information content (AvgIpc) is 3.17. The van der Waals surface area contributed by atoms with Crippen molar-refractivity contribution in [2.24, 2.45) is 0 Å². The summed E-state index contributed by atoms with van der Waals surface area (Å²) in [5.41, 5.74) is 2.03. The number of nitrogens with zero attached hydrogens (tertiary/aromatic N) is 1. The lowest BCUT2D eigenvalue weighted by atomic mass is 10.1. The maximum Gasteiger partial charge on any atom is 0.373 e. The summed E-state index contributed by atoms with van der Waals surface area (Å²) in [7, 11) is 1.24. The lowest BCUT2D eigenvalue weighted by Gasteiger charge is -2.09. The molecule has 1 aromatic heterocycles. The third kappa shape index (κ3) is 3.30. The minimum Gasteiger partial charge on any atom is -0.463 e. The van der Waals surface area contributed by atoms with Crippen LogP contribution in [0.4, 0.5) is 4.79 Å². The summed E-state index contributed by atoms with van der Waals surface area (Å²) in [5.74, 6) is -0.755. The van der Waals surface area contributed by atoms with Crippen LogP contribution in [0.2, 0.25) is 0 Å². The fourth-order valence-corrected chi connectivity index (χ4v) is 2.45. The second-order valence-corrected chi connectivity index (χ2v) is 5.49. The number of esters is 1. The van der Waals surface area contributed by atoms with Crippen LogP contribution in [0.5, 0.6) is 0 Å². The van der Waals surface area contributed by atoms with Crippen molar-refractivity contribution in [2.75, 3.05) is 7.11 Å². The first-order valence-corrected chi connectivity index (χ1v) is 7.57. The maximum absolute atomic E-state index is 12.5. The summed E-state index contributed by atoms with van der Waals surface area (Å²) in [6, 6.07) is 9.95. The van der Waals surface area contributed by atoms with E-state index in [-0.39, 0.29) is 18.0 Å². The van der Waals surface area contributed by atoms with Crippen molar-refractivity contribution in [3.63, 3.8) is 0 Å². The molecule has 1 aliphatic rings. The van der Waals surface area contributed by atoms with Crippen molar-refractivity contribution < 1.29 is 23.5 Å². The van der Waals surface area contributed by atoms with Gasteiger partial charge in [-0.2, -0.15) is 0 Å². The molecule has 1 N–H and O–H groups in total. The Morgan fingerprint density at radius 2 is 2.00 bits per heavy atom. The lowest BCUT2D eigenvalue weighted by molar-refractivity contribution is -0.123. The molecular weight excluding hydrogens is 324 g/mol. The standard InChI is InChI=1S/C18H16N2O5/c1-11-5-3-4-6-12(11)9-14-16(21)20(18(23)19-14)10-13-7-8-15(25-13)17(22)24-2/h3-9H,10H2,1-2H3,(H,19,23). The van der Waals surface area contributed by atoms with Gasteiger partial charge in [-0.1, -0.05) is 24.3 Å². The van der Waals surface area contributed by atoms with Gasteiger partial charge in [0.2, 0.25) is 5.76 Å². The molecule has 0 radical (unpaired) electrons.